The van der Waals surface area contributed by atoms with Crippen molar-refractivity contribution in [3.05, 3.63) is 29.3 Å². The highest BCUT2D eigenvalue weighted by atomic mass is 32.2. The van der Waals surface area contributed by atoms with Crippen molar-refractivity contribution >= 4 is 10.2 Å². The van der Waals surface area contributed by atoms with Gasteiger partial charge in [0.15, 0.2) is 0 Å². The third-order valence-electron chi connectivity index (χ3n) is 6.07. The molecule has 152 valence electrons. The van der Waals surface area contributed by atoms with Crippen molar-refractivity contribution in [3.63, 3.8) is 0 Å². The number of phenols is 1. The third kappa shape index (κ3) is 4.31. The lowest BCUT2D eigenvalue weighted by Crippen LogP contribution is -2.59. The van der Waals surface area contributed by atoms with E-state index >= 15 is 0 Å². The zero-order chi connectivity index (χ0) is 19.6. The molecule has 1 aliphatic carbocycles. The zero-order valence-electron chi connectivity index (χ0n) is 16.7. The minimum atomic E-state index is -3.46. The first kappa shape index (κ1) is 20.6. The molecule has 0 amide bonds. The van der Waals surface area contributed by atoms with Crippen LogP contribution >= 0.6 is 0 Å². The number of nitrogens with one attached hydrogen (secondary N) is 1. The van der Waals surface area contributed by atoms with Gasteiger partial charge in [0.25, 0.3) is 10.2 Å². The average molecular weight is 396 g/mol. The number of phenolic OH excluding ortho intramolecular Hbond substituents is 1. The van der Waals surface area contributed by atoms with E-state index in [-0.39, 0.29) is 6.04 Å². The molecular weight excluding hydrogens is 362 g/mol. The average Bonchev–Trinajstić information content (AvgIpc) is 2.62. The van der Waals surface area contributed by atoms with E-state index in [0.29, 0.717) is 30.8 Å². The lowest BCUT2D eigenvalue weighted by molar-refractivity contribution is 0.0679. The molecule has 0 aromatic heterocycles. The van der Waals surface area contributed by atoms with Gasteiger partial charge in [0, 0.05) is 31.7 Å². The Morgan fingerprint density at radius 2 is 1.96 bits per heavy atom. The number of benzene rings is 1. The van der Waals surface area contributed by atoms with Crippen molar-refractivity contribution in [1.82, 2.24) is 13.9 Å². The molecule has 2 aliphatic rings. The summed E-state index contributed by atoms with van der Waals surface area (Å²) in [7, 11) is -3.46. The molecule has 3 rings (SSSR count). The smallest absolute Gasteiger partial charge is 0.279 e. The Morgan fingerprint density at radius 3 is 2.63 bits per heavy atom. The maximum Gasteiger partial charge on any atom is 0.279 e. The van der Waals surface area contributed by atoms with Crippen LogP contribution in [0, 0.1) is 5.92 Å². The highest BCUT2D eigenvalue weighted by molar-refractivity contribution is 7.87. The van der Waals surface area contributed by atoms with Crippen molar-refractivity contribution in [1.29, 1.82) is 0 Å². The number of likely N-dealkylation sites (tertiary alicyclic amines) is 1. The highest BCUT2D eigenvalue weighted by Crippen LogP contribution is 2.38. The van der Waals surface area contributed by atoms with Crippen LogP contribution in [0.1, 0.15) is 44.7 Å². The van der Waals surface area contributed by atoms with Gasteiger partial charge >= 0.3 is 0 Å². The summed E-state index contributed by atoms with van der Waals surface area (Å²) in [5.41, 5.74) is 2.28. The lowest BCUT2D eigenvalue weighted by Gasteiger charge is -2.47. The quantitative estimate of drug-likeness (QED) is 0.742. The summed E-state index contributed by atoms with van der Waals surface area (Å²) in [4.78, 5) is 2.45. The Kier molecular flexibility index (Phi) is 6.46. The van der Waals surface area contributed by atoms with E-state index < -0.39 is 10.2 Å². The van der Waals surface area contributed by atoms with Crippen LogP contribution in [-0.2, 0) is 23.1 Å². The highest BCUT2D eigenvalue weighted by Gasteiger charge is 2.40. The zero-order valence-corrected chi connectivity index (χ0v) is 17.5. The lowest BCUT2D eigenvalue weighted by atomic mass is 9.74. The molecular formula is C20H33N3O3S. The molecule has 2 N–H and O–H groups in total. The van der Waals surface area contributed by atoms with Gasteiger partial charge in [-0.25, -0.2) is 0 Å². The molecule has 3 atom stereocenters. The maximum atomic E-state index is 12.7. The first-order chi connectivity index (χ1) is 12.9. The Bertz CT molecular complexity index is 749. The predicted octanol–water partition coefficient (Wildman–Crippen LogP) is 2.14. The largest absolute Gasteiger partial charge is 0.508 e. The van der Waals surface area contributed by atoms with E-state index in [1.165, 1.54) is 9.87 Å². The van der Waals surface area contributed by atoms with Crippen LogP contribution in [0.4, 0.5) is 0 Å². The van der Waals surface area contributed by atoms with Crippen molar-refractivity contribution in [2.75, 3.05) is 26.2 Å². The fourth-order valence-electron chi connectivity index (χ4n) is 4.84. The Balaban J connectivity index is 1.81. The number of nitrogens with zero attached hydrogens (tertiary/aromatic N) is 2. The van der Waals surface area contributed by atoms with Crippen LogP contribution in [0.25, 0.3) is 0 Å². The fourth-order valence-corrected chi connectivity index (χ4v) is 6.26. The molecule has 6 nitrogen and oxygen atoms in total. The molecule has 1 fully saturated rings. The summed E-state index contributed by atoms with van der Waals surface area (Å²) in [5, 5.41) is 10.3. The monoisotopic (exact) mass is 395 g/mol. The second-order valence-corrected chi connectivity index (χ2v) is 9.49. The van der Waals surface area contributed by atoms with Crippen LogP contribution in [0.5, 0.6) is 5.75 Å². The van der Waals surface area contributed by atoms with Crippen molar-refractivity contribution in [2.45, 2.75) is 58.5 Å². The molecule has 1 aromatic rings. The van der Waals surface area contributed by atoms with Crippen molar-refractivity contribution in [3.8, 4) is 5.75 Å². The van der Waals surface area contributed by atoms with E-state index in [0.717, 1.165) is 44.3 Å². The normalized spacial score (nSPS) is 26.0. The van der Waals surface area contributed by atoms with E-state index in [1.54, 1.807) is 6.07 Å². The van der Waals surface area contributed by atoms with Gasteiger partial charge in [0.1, 0.15) is 5.75 Å². The van der Waals surface area contributed by atoms with Gasteiger partial charge in [-0.05, 0) is 55.3 Å². The van der Waals surface area contributed by atoms with Gasteiger partial charge in [-0.15, -0.1) is 0 Å². The maximum absolute atomic E-state index is 12.7. The number of hydrogen-bond acceptors (Lipinski definition) is 4. The Labute approximate surface area is 163 Å². The minimum absolute atomic E-state index is 0.0872. The van der Waals surface area contributed by atoms with E-state index in [2.05, 4.69) is 22.6 Å². The Morgan fingerprint density at radius 1 is 1.22 bits per heavy atom. The molecule has 27 heavy (non-hydrogen) atoms. The van der Waals surface area contributed by atoms with E-state index in [1.807, 2.05) is 19.9 Å². The number of piperidine rings is 1. The second-order valence-electron chi connectivity index (χ2n) is 7.79. The number of aromatic hydroxyl groups is 1. The topological polar surface area (TPSA) is 72.9 Å². The van der Waals surface area contributed by atoms with Crippen LogP contribution in [-0.4, -0.2) is 61.0 Å². The fraction of sp³-hybridized carbons (Fsp3) is 0.700. The van der Waals surface area contributed by atoms with E-state index in [9.17, 15) is 13.5 Å². The molecule has 0 bridgehead atoms. The standard InChI is InChI=1S/C20H33N3O3S/c1-4-10-22-14-17(21-27(25,26)23(5-2)6-3)11-16-12-18-15(13-19(16)22)8-7-9-20(18)24/h7-9,16-17,19,21,24H,4-6,10-14H2,1-3H3/t16-,17-,19-/m0/s1. The molecule has 1 heterocycles. The molecule has 0 radical (unpaired) electrons. The molecule has 1 saturated heterocycles. The van der Waals surface area contributed by atoms with Crippen LogP contribution in [0.15, 0.2) is 18.2 Å². The summed E-state index contributed by atoms with van der Waals surface area (Å²) >= 11 is 0. The van der Waals surface area contributed by atoms with Crippen LogP contribution < -0.4 is 4.72 Å². The van der Waals surface area contributed by atoms with Gasteiger partial charge in [0.05, 0.1) is 0 Å². The van der Waals surface area contributed by atoms with Gasteiger partial charge < -0.3 is 5.11 Å². The summed E-state index contributed by atoms with van der Waals surface area (Å²) < 4.78 is 29.8. The predicted molar refractivity (Wildman–Crippen MR) is 108 cm³/mol. The summed E-state index contributed by atoms with van der Waals surface area (Å²) in [5.74, 6) is 0.731. The Hall–Kier alpha value is -1.15. The molecule has 1 aliphatic heterocycles. The van der Waals surface area contributed by atoms with Gasteiger partial charge in [-0.3, -0.25) is 4.90 Å². The van der Waals surface area contributed by atoms with Crippen molar-refractivity contribution < 1.29 is 13.5 Å². The van der Waals surface area contributed by atoms with Crippen LogP contribution in [0.2, 0.25) is 0 Å². The second kappa shape index (κ2) is 8.47. The van der Waals surface area contributed by atoms with E-state index in [4.69, 9.17) is 0 Å². The van der Waals surface area contributed by atoms with Crippen LogP contribution in [0.3, 0.4) is 0 Å². The molecule has 1 aromatic carbocycles. The first-order valence-electron chi connectivity index (χ1n) is 10.2. The third-order valence-corrected chi connectivity index (χ3v) is 7.90. The summed E-state index contributed by atoms with van der Waals surface area (Å²) in [6, 6.07) is 6.13. The van der Waals surface area contributed by atoms with Gasteiger partial charge in [-0.1, -0.05) is 32.9 Å². The number of rotatable bonds is 7. The number of hydrogen-bond donors (Lipinski definition) is 2. The minimum Gasteiger partial charge on any atom is -0.508 e. The SMILES string of the molecule is CCCN1C[C@@H](NS(=O)(=O)N(CC)CC)C[C@H]2Cc3c(O)cccc3C[C@@H]21. The van der Waals surface area contributed by atoms with Gasteiger partial charge in [0.2, 0.25) is 0 Å². The first-order valence-corrected chi connectivity index (χ1v) is 11.6. The molecule has 7 heteroatoms. The molecule has 0 unspecified atom stereocenters. The molecule has 0 spiro atoms. The van der Waals surface area contributed by atoms with Gasteiger partial charge in [-0.2, -0.15) is 17.4 Å². The molecule has 0 saturated carbocycles. The summed E-state index contributed by atoms with van der Waals surface area (Å²) in [6.45, 7) is 8.58. The van der Waals surface area contributed by atoms with Crippen molar-refractivity contribution in [2.24, 2.45) is 5.92 Å². The number of fused-ring (bicyclic) bond motifs is 2. The summed E-state index contributed by atoms with van der Waals surface area (Å²) in [6.07, 6.45) is 3.62.